The van der Waals surface area contributed by atoms with Gasteiger partial charge in [-0.25, -0.2) is 0 Å². The first-order valence-electron chi connectivity index (χ1n) is 14.2. The smallest absolute Gasteiger partial charge is 0.252 e. The Kier molecular flexibility index (Phi) is 8.91. The van der Waals surface area contributed by atoms with Gasteiger partial charge in [0, 0.05) is 43.5 Å². The maximum absolute atomic E-state index is 13.0. The van der Waals surface area contributed by atoms with Crippen LogP contribution >= 0.6 is 0 Å². The monoisotopic (exact) mass is 503 g/mol. The molecule has 2 atom stereocenters. The summed E-state index contributed by atoms with van der Waals surface area (Å²) in [6, 6.07) is 4.53. The molecule has 200 valence electrons. The number of fused-ring (bicyclic) bond motifs is 1. The minimum absolute atomic E-state index is 0.221. The number of rotatable bonds is 11. The zero-order valence-electron chi connectivity index (χ0n) is 23.3. The van der Waals surface area contributed by atoms with E-state index in [0.717, 1.165) is 73.5 Å². The Bertz CT molecular complexity index is 1120. The van der Waals surface area contributed by atoms with Crippen LogP contribution < -0.4 is 16.0 Å². The Morgan fingerprint density at radius 3 is 2.70 bits per heavy atom. The van der Waals surface area contributed by atoms with Crippen LogP contribution in [0.5, 0.6) is 0 Å². The molecule has 1 aliphatic heterocycles. The number of benzene rings is 1. The highest BCUT2D eigenvalue weighted by molar-refractivity contribution is 6.07. The van der Waals surface area contributed by atoms with Crippen molar-refractivity contribution in [3.05, 3.63) is 53.5 Å². The molecule has 1 aromatic carbocycles. The van der Waals surface area contributed by atoms with Gasteiger partial charge in [-0.1, -0.05) is 27.4 Å². The van der Waals surface area contributed by atoms with Gasteiger partial charge >= 0.3 is 0 Å². The van der Waals surface area contributed by atoms with Crippen LogP contribution in [-0.4, -0.2) is 49.0 Å². The number of nitrogens with two attached hydrogens (primary N) is 1. The largest absolute Gasteiger partial charge is 0.373 e. The Morgan fingerprint density at radius 2 is 2.05 bits per heavy atom. The molecule has 0 spiro atoms. The molecule has 2 heterocycles. The third-order valence-corrected chi connectivity index (χ3v) is 8.50. The second-order valence-electron chi connectivity index (χ2n) is 10.9. The third kappa shape index (κ3) is 5.69. The summed E-state index contributed by atoms with van der Waals surface area (Å²) in [5.41, 5.74) is 14.2. The van der Waals surface area contributed by atoms with Crippen molar-refractivity contribution in [1.82, 2.24) is 9.88 Å². The molecule has 0 bridgehead atoms. The molecule has 2 unspecified atom stereocenters. The second kappa shape index (κ2) is 12.1. The average molecular weight is 504 g/mol. The van der Waals surface area contributed by atoms with E-state index >= 15 is 0 Å². The molecular weight excluding hydrogens is 458 g/mol. The van der Waals surface area contributed by atoms with Crippen LogP contribution in [0, 0.1) is 0 Å². The fourth-order valence-electron chi connectivity index (χ4n) is 6.17. The van der Waals surface area contributed by atoms with Gasteiger partial charge < -0.3 is 20.9 Å². The summed E-state index contributed by atoms with van der Waals surface area (Å²) in [5.74, 6) is 0.353. The van der Waals surface area contributed by atoms with Gasteiger partial charge in [0.25, 0.3) is 5.91 Å². The van der Waals surface area contributed by atoms with Crippen LogP contribution in [0.2, 0.25) is 0 Å². The maximum Gasteiger partial charge on any atom is 0.252 e. The highest BCUT2D eigenvalue weighted by Crippen LogP contribution is 2.44. The van der Waals surface area contributed by atoms with E-state index in [-0.39, 0.29) is 5.92 Å². The summed E-state index contributed by atoms with van der Waals surface area (Å²) in [5, 5.41) is 3.33. The molecule has 6 heteroatoms. The van der Waals surface area contributed by atoms with E-state index in [9.17, 15) is 4.79 Å². The molecule has 0 saturated carbocycles. The Morgan fingerprint density at radius 1 is 1.30 bits per heavy atom. The van der Waals surface area contributed by atoms with E-state index < -0.39 is 5.91 Å². The van der Waals surface area contributed by atoms with Crippen molar-refractivity contribution in [2.75, 3.05) is 43.4 Å². The van der Waals surface area contributed by atoms with E-state index in [1.165, 1.54) is 36.9 Å². The van der Waals surface area contributed by atoms with E-state index in [0.29, 0.717) is 11.5 Å². The van der Waals surface area contributed by atoms with Crippen LogP contribution in [0.25, 0.3) is 11.1 Å². The van der Waals surface area contributed by atoms with Crippen LogP contribution in [0.15, 0.2) is 31.1 Å². The van der Waals surface area contributed by atoms with Crippen molar-refractivity contribution in [2.45, 2.75) is 77.6 Å². The van der Waals surface area contributed by atoms with Crippen LogP contribution in [-0.2, 0) is 6.42 Å². The number of anilines is 2. The number of aryl methyl sites for hydroxylation is 1. The molecule has 1 fully saturated rings. The van der Waals surface area contributed by atoms with Crippen molar-refractivity contribution in [3.63, 3.8) is 0 Å². The molecule has 1 aliphatic carbocycles. The zero-order chi connectivity index (χ0) is 26.5. The molecule has 1 saturated heterocycles. The van der Waals surface area contributed by atoms with Crippen molar-refractivity contribution in [1.29, 1.82) is 0 Å². The minimum Gasteiger partial charge on any atom is -0.373 e. The lowest BCUT2D eigenvalue weighted by molar-refractivity contribution is 0.100. The average Bonchev–Trinajstić information content (AvgIpc) is 3.43. The standard InChI is InChI=1S/C31H45N5O/c1-6-21(4)27-25(24-18-23-13-11-12-22(7-2)29(23)34-20-24)19-26(28(31(32)37)30(27)33-8-3)35(5)16-17-36-14-9-10-15-36/h8,18-22,33H,3,6-7,9-17H2,1-2,4-5H3,(H2,32,37). The first-order valence-corrected chi connectivity index (χ1v) is 14.2. The van der Waals surface area contributed by atoms with Crippen LogP contribution in [0.4, 0.5) is 11.4 Å². The molecule has 0 radical (unpaired) electrons. The fourth-order valence-corrected chi connectivity index (χ4v) is 6.17. The highest BCUT2D eigenvalue weighted by atomic mass is 16.1. The molecule has 2 aliphatic rings. The molecule has 2 aromatic rings. The van der Waals surface area contributed by atoms with E-state index in [1.807, 2.05) is 6.20 Å². The van der Waals surface area contributed by atoms with Gasteiger partial charge in [-0.3, -0.25) is 9.78 Å². The van der Waals surface area contributed by atoms with Gasteiger partial charge in [-0.15, -0.1) is 0 Å². The number of primary amides is 1. The summed E-state index contributed by atoms with van der Waals surface area (Å²) in [4.78, 5) is 22.7. The van der Waals surface area contributed by atoms with Gasteiger partial charge in [0.2, 0.25) is 0 Å². The zero-order valence-corrected chi connectivity index (χ0v) is 23.3. The van der Waals surface area contributed by atoms with Gasteiger partial charge in [0.15, 0.2) is 0 Å². The number of amides is 1. The number of pyridine rings is 1. The predicted octanol–water partition coefficient (Wildman–Crippen LogP) is 6.28. The number of likely N-dealkylation sites (N-methyl/N-ethyl adjacent to an activating group) is 1. The Hall–Kier alpha value is -2.86. The summed E-state index contributed by atoms with van der Waals surface area (Å²) < 4.78 is 0. The summed E-state index contributed by atoms with van der Waals surface area (Å²) in [7, 11) is 2.07. The topological polar surface area (TPSA) is 74.5 Å². The number of hydrogen-bond donors (Lipinski definition) is 2. The summed E-state index contributed by atoms with van der Waals surface area (Å²) >= 11 is 0. The summed E-state index contributed by atoms with van der Waals surface area (Å²) in [6.07, 6.45) is 11.8. The quantitative estimate of drug-likeness (QED) is 0.378. The number of nitrogens with one attached hydrogen (secondary N) is 1. The lowest BCUT2D eigenvalue weighted by Crippen LogP contribution is -2.33. The molecule has 3 N–H and O–H groups in total. The third-order valence-electron chi connectivity index (χ3n) is 8.50. The lowest BCUT2D eigenvalue weighted by Gasteiger charge is -2.30. The fraction of sp³-hybridized carbons (Fsp3) is 0.548. The van der Waals surface area contributed by atoms with Gasteiger partial charge in [0.05, 0.1) is 16.9 Å². The number of likely N-dealkylation sites (tertiary alicyclic amines) is 1. The number of carbonyl (C=O) groups is 1. The number of hydrogen-bond acceptors (Lipinski definition) is 5. The number of nitrogens with zero attached hydrogens (tertiary/aromatic N) is 3. The lowest BCUT2D eigenvalue weighted by atomic mass is 9.82. The SMILES string of the molecule is C=CNc1c(C(N)=O)c(N(C)CCN2CCCC2)cc(-c2cnc3c(c2)CCCC3CC)c1C(C)CC. The number of aromatic nitrogens is 1. The van der Waals surface area contributed by atoms with Crippen molar-refractivity contribution >= 4 is 17.3 Å². The highest BCUT2D eigenvalue weighted by Gasteiger charge is 2.28. The van der Waals surface area contributed by atoms with Crippen molar-refractivity contribution in [3.8, 4) is 11.1 Å². The van der Waals surface area contributed by atoms with Gasteiger partial charge in [-0.2, -0.15) is 0 Å². The van der Waals surface area contributed by atoms with Gasteiger partial charge in [0.1, 0.15) is 0 Å². The van der Waals surface area contributed by atoms with Crippen LogP contribution in [0.1, 0.15) is 98.3 Å². The molecule has 1 aromatic heterocycles. The molecular formula is C31H45N5O. The minimum atomic E-state index is -0.419. The van der Waals surface area contributed by atoms with E-state index in [2.05, 4.69) is 61.6 Å². The first-order chi connectivity index (χ1) is 17.9. The maximum atomic E-state index is 13.0. The van der Waals surface area contributed by atoms with Crippen LogP contribution in [0.3, 0.4) is 0 Å². The van der Waals surface area contributed by atoms with E-state index in [4.69, 9.17) is 10.7 Å². The normalized spacial score (nSPS) is 18.3. The first kappa shape index (κ1) is 27.2. The Labute approximate surface area is 223 Å². The van der Waals surface area contributed by atoms with Gasteiger partial charge in [-0.05, 0) is 99.0 Å². The number of carbonyl (C=O) groups excluding carboxylic acids is 1. The van der Waals surface area contributed by atoms with Crippen molar-refractivity contribution < 1.29 is 4.79 Å². The Balaban J connectivity index is 1.88. The molecule has 1 amide bonds. The van der Waals surface area contributed by atoms with Crippen molar-refractivity contribution in [2.24, 2.45) is 5.73 Å². The van der Waals surface area contributed by atoms with E-state index in [1.54, 1.807) is 6.20 Å². The molecule has 37 heavy (non-hydrogen) atoms. The molecule has 6 nitrogen and oxygen atoms in total. The summed E-state index contributed by atoms with van der Waals surface area (Å²) in [6.45, 7) is 14.7. The molecule has 4 rings (SSSR count). The predicted molar refractivity (Wildman–Crippen MR) is 156 cm³/mol. The second-order valence-corrected chi connectivity index (χ2v) is 10.9.